The van der Waals surface area contributed by atoms with E-state index in [9.17, 15) is 59.1 Å². The van der Waals surface area contributed by atoms with Crippen LogP contribution in [0.4, 0.5) is 0 Å². The second-order valence-corrected chi connectivity index (χ2v) is 17.3. The van der Waals surface area contributed by atoms with E-state index in [-0.39, 0.29) is 45.6 Å². The number of hydrogen-bond acceptors (Lipinski definition) is 18. The third kappa shape index (κ3) is 16.8. The summed E-state index contributed by atoms with van der Waals surface area (Å²) in [5.41, 5.74) is 20.7. The summed E-state index contributed by atoms with van der Waals surface area (Å²) >= 11 is 0. The number of guanidine groups is 2. The summed E-state index contributed by atoms with van der Waals surface area (Å²) in [4.78, 5) is 53.0. The molecular formula is C32H60N8O18P2. The number of carbonyl (C=O) groups is 2. The van der Waals surface area contributed by atoms with Crippen molar-refractivity contribution in [1.29, 1.82) is 0 Å². The highest BCUT2D eigenvalue weighted by Crippen LogP contribution is 2.54. The molecule has 346 valence electrons. The van der Waals surface area contributed by atoms with Crippen LogP contribution in [0.5, 0.6) is 0 Å². The number of rotatable bonds is 26. The van der Waals surface area contributed by atoms with Gasteiger partial charge in [-0.15, -0.1) is 0 Å². The Bertz CT molecular complexity index is 1500. The molecule has 0 radical (unpaired) electrons. The Morgan fingerprint density at radius 3 is 1.35 bits per heavy atom. The third-order valence-electron chi connectivity index (χ3n) is 8.81. The fourth-order valence-electron chi connectivity index (χ4n) is 5.80. The van der Waals surface area contributed by atoms with Gasteiger partial charge in [0.15, 0.2) is 24.1 Å². The fourth-order valence-corrected chi connectivity index (χ4v) is 7.89. The minimum Gasteiger partial charge on any atom is -0.478 e. The van der Waals surface area contributed by atoms with Crippen molar-refractivity contribution in [3.05, 3.63) is 23.2 Å². The number of aliphatic hydroxyl groups is 6. The van der Waals surface area contributed by atoms with Crippen LogP contribution in [0.25, 0.3) is 0 Å². The molecule has 28 heteroatoms. The van der Waals surface area contributed by atoms with Crippen LogP contribution in [-0.4, -0.2) is 178 Å². The van der Waals surface area contributed by atoms with Gasteiger partial charge in [-0.05, 0) is 30.9 Å². The minimum atomic E-state index is -4.75. The summed E-state index contributed by atoms with van der Waals surface area (Å²) in [5, 5.41) is 64.9. The van der Waals surface area contributed by atoms with Gasteiger partial charge in [0, 0.05) is 27.1 Å². The van der Waals surface area contributed by atoms with Crippen LogP contribution in [0, 0.1) is 5.92 Å². The van der Waals surface area contributed by atoms with E-state index in [0.29, 0.717) is 12.8 Å². The monoisotopic (exact) mass is 906 g/mol. The quantitative estimate of drug-likeness (QED) is 0.0167. The largest absolute Gasteiger partial charge is 0.478 e. The first-order valence-electron chi connectivity index (χ1n) is 18.6. The normalized spacial score (nSPS) is 26.1. The molecule has 0 bridgehead atoms. The van der Waals surface area contributed by atoms with Crippen LogP contribution in [-0.2, 0) is 46.7 Å². The van der Waals surface area contributed by atoms with Crippen molar-refractivity contribution in [3.63, 3.8) is 0 Å². The highest BCUT2D eigenvalue weighted by atomic mass is 31.2. The zero-order valence-electron chi connectivity index (χ0n) is 33.3. The van der Waals surface area contributed by atoms with Crippen LogP contribution >= 0.6 is 15.2 Å². The van der Waals surface area contributed by atoms with Gasteiger partial charge in [0.2, 0.25) is 22.8 Å². The van der Waals surface area contributed by atoms with Gasteiger partial charge in [-0.2, -0.15) is 0 Å². The van der Waals surface area contributed by atoms with Crippen LogP contribution in [0.2, 0.25) is 0 Å². The van der Waals surface area contributed by atoms with E-state index in [1.807, 2.05) is 6.92 Å². The lowest BCUT2D eigenvalue weighted by Gasteiger charge is -2.39. The summed E-state index contributed by atoms with van der Waals surface area (Å²) in [6.45, 7) is 1.84. The lowest BCUT2D eigenvalue weighted by Crippen LogP contribution is -2.59. The van der Waals surface area contributed by atoms with E-state index in [4.69, 9.17) is 50.9 Å². The van der Waals surface area contributed by atoms with E-state index < -0.39 is 124 Å². The zero-order chi connectivity index (χ0) is 45.4. The lowest BCUT2D eigenvalue weighted by atomic mass is 9.93. The topological polar surface area (TPSA) is 438 Å². The Morgan fingerprint density at radius 1 is 0.700 bits per heavy atom. The summed E-state index contributed by atoms with van der Waals surface area (Å²) in [6.07, 6.45) is -7.29. The first-order chi connectivity index (χ1) is 28.0. The summed E-state index contributed by atoms with van der Waals surface area (Å²) in [5.74, 6) is -2.07. The van der Waals surface area contributed by atoms with Crippen molar-refractivity contribution in [3.8, 4) is 0 Å². The van der Waals surface area contributed by atoms with Crippen molar-refractivity contribution in [2.24, 2.45) is 38.8 Å². The number of nitrogens with one attached hydrogen (secondary N) is 2. The van der Waals surface area contributed by atoms with Gasteiger partial charge in [0.1, 0.15) is 24.4 Å². The molecule has 12 atom stereocenters. The molecule has 0 saturated carbocycles. The molecule has 2 amide bonds. The lowest BCUT2D eigenvalue weighted by molar-refractivity contribution is -0.126. The number of nitrogens with zero attached hydrogens (tertiary/aromatic N) is 2. The number of amides is 2. The Balaban J connectivity index is 1.85. The van der Waals surface area contributed by atoms with Gasteiger partial charge >= 0.3 is 15.2 Å². The number of nitrogens with two attached hydrogens (primary N) is 4. The highest BCUT2D eigenvalue weighted by Gasteiger charge is 2.48. The molecule has 2 unspecified atom stereocenters. The molecule has 0 aliphatic carbocycles. The van der Waals surface area contributed by atoms with Crippen LogP contribution in [0.1, 0.15) is 33.6 Å². The molecule has 2 aliphatic heterocycles. The smallest absolute Gasteiger partial charge is 0.392 e. The number of hydrogen-bond donors (Lipinski definition) is 14. The maximum atomic E-state index is 13.1. The van der Waals surface area contributed by atoms with Crippen LogP contribution in [0.3, 0.4) is 0 Å². The third-order valence-corrected chi connectivity index (χ3v) is 11.5. The maximum absolute atomic E-state index is 13.1. The summed E-state index contributed by atoms with van der Waals surface area (Å²) in [7, 11) is -9.50. The van der Waals surface area contributed by atoms with Gasteiger partial charge in [-0.3, -0.25) is 18.7 Å². The SMILES string of the molecule is CC(=O)N[C@H]1[C@H]([C@H](O)[C@H](O)CO)OC(P(=O)(O)OCCOCCC(C)CCOCCOP(=O)(O)C2=C[C@H](N=C(N)N)[C@@H](NC(C)=O)[C@H]([C@H](O)[C@H](O)CO)O2)=C[C@@H]1N=C(N)N. The minimum absolute atomic E-state index is 0.0598. The van der Waals surface area contributed by atoms with Gasteiger partial charge < -0.3 is 102 Å². The number of aliphatic imine (C=N–C) groups is 2. The highest BCUT2D eigenvalue weighted by molar-refractivity contribution is 7.57. The molecule has 0 aromatic carbocycles. The molecule has 2 rings (SSSR count). The van der Waals surface area contributed by atoms with E-state index >= 15 is 0 Å². The molecule has 18 N–H and O–H groups in total. The molecule has 0 fully saturated rings. The predicted octanol–water partition coefficient (Wildman–Crippen LogP) is -4.96. The second kappa shape index (κ2) is 24.8. The second-order valence-electron chi connectivity index (χ2n) is 13.8. The Morgan fingerprint density at radius 2 is 1.05 bits per heavy atom. The van der Waals surface area contributed by atoms with Crippen molar-refractivity contribution in [2.75, 3.05) is 52.9 Å². The molecular weight excluding hydrogens is 846 g/mol. The zero-order valence-corrected chi connectivity index (χ0v) is 35.1. The van der Waals surface area contributed by atoms with Crippen molar-refractivity contribution < 1.29 is 87.1 Å². The fraction of sp³-hybridized carbons (Fsp3) is 0.750. The van der Waals surface area contributed by atoms with Crippen molar-refractivity contribution in [2.45, 2.75) is 94.4 Å². The Kier molecular flexibility index (Phi) is 21.8. The first kappa shape index (κ1) is 52.7. The molecule has 2 heterocycles. The van der Waals surface area contributed by atoms with Crippen molar-refractivity contribution in [1.82, 2.24) is 10.6 Å². The van der Waals surface area contributed by atoms with Crippen LogP contribution < -0.4 is 33.6 Å². The standard InChI is InChI=1S/C32H60N8O18P2/c1-16(4-6-53-8-10-55-59(49,50)23-12-19(39-31(33)34)25(37-17(2)43)29(57-23)27(47)21(45)14-41)5-7-54-9-11-56-60(51,52)24-13-20(40-32(35)36)26(38-18(3)44)30(58-24)28(48)22(46)15-42/h12-13,16,19-22,25-30,41-42,45-48H,4-11,14-15H2,1-3H3,(H,37,43)(H,38,44)(H,49,50)(H,51,52)(H4,33,34,39)(H4,35,36,40)/t19-,20-,21+,22+,25+,26+,27+,28+,29+,30+/m0/s1. The van der Waals surface area contributed by atoms with Gasteiger partial charge in [-0.1, -0.05) is 6.92 Å². The van der Waals surface area contributed by atoms with E-state index in [1.165, 1.54) is 0 Å². The van der Waals surface area contributed by atoms with Gasteiger partial charge in [0.05, 0.1) is 63.8 Å². The van der Waals surface area contributed by atoms with E-state index in [0.717, 1.165) is 26.0 Å². The molecule has 60 heavy (non-hydrogen) atoms. The average Bonchev–Trinajstić information content (AvgIpc) is 3.16. The maximum Gasteiger partial charge on any atom is 0.392 e. The summed E-state index contributed by atoms with van der Waals surface area (Å²) in [6, 6.07) is -4.93. The molecule has 0 aromatic rings. The Labute approximate surface area is 345 Å². The Hall–Kier alpha value is -3.46. The molecule has 0 saturated heterocycles. The molecule has 26 nitrogen and oxygen atoms in total. The van der Waals surface area contributed by atoms with Gasteiger partial charge in [0.25, 0.3) is 0 Å². The number of ether oxygens (including phenoxy) is 4. The number of aliphatic hydroxyl groups excluding tert-OH is 6. The predicted molar refractivity (Wildman–Crippen MR) is 210 cm³/mol. The van der Waals surface area contributed by atoms with E-state index in [1.54, 1.807) is 0 Å². The molecule has 0 spiro atoms. The first-order valence-corrected chi connectivity index (χ1v) is 21.7. The van der Waals surface area contributed by atoms with Crippen LogP contribution in [0.15, 0.2) is 33.1 Å². The molecule has 0 aromatic heterocycles. The molecule has 2 aliphatic rings. The number of carbonyl (C=O) groups excluding carboxylic acids is 2. The van der Waals surface area contributed by atoms with Crippen molar-refractivity contribution >= 4 is 38.9 Å². The van der Waals surface area contributed by atoms with Gasteiger partial charge in [-0.25, -0.2) is 9.98 Å². The van der Waals surface area contributed by atoms with E-state index in [2.05, 4.69) is 20.6 Å². The average molecular weight is 907 g/mol. The summed E-state index contributed by atoms with van der Waals surface area (Å²) < 4.78 is 58.7.